The molecule has 0 heterocycles. The maximum atomic E-state index is 13.5. The average Bonchev–Trinajstić information content (AvgIpc) is 2.28. The van der Waals surface area contributed by atoms with E-state index in [-0.39, 0.29) is 16.5 Å². The Morgan fingerprint density at radius 3 is 2.33 bits per heavy atom. The number of nitrogens with two attached hydrogens (primary N) is 1. The lowest BCUT2D eigenvalue weighted by Gasteiger charge is -2.10. The first-order valence-corrected chi connectivity index (χ1v) is 5.53. The highest BCUT2D eigenvalue weighted by atomic mass is 35.5. The third-order valence-electron chi connectivity index (χ3n) is 2.32. The second-order valence-corrected chi connectivity index (χ2v) is 4.26. The van der Waals surface area contributed by atoms with E-state index in [0.29, 0.717) is 0 Å². The minimum Gasteiger partial charge on any atom is -0.450 e. The largest absolute Gasteiger partial charge is 0.450 e. The molecule has 0 saturated heterocycles. The normalized spacial score (nSPS) is 10.4. The number of halogens is 3. The molecular formula is C13H10ClF2NO. The van der Waals surface area contributed by atoms with Crippen LogP contribution in [0.1, 0.15) is 5.56 Å². The van der Waals surface area contributed by atoms with Crippen LogP contribution in [0.25, 0.3) is 0 Å². The molecule has 2 aromatic rings. The second-order valence-electron chi connectivity index (χ2n) is 3.85. The molecule has 0 aliphatic carbocycles. The number of rotatable bonds is 2. The molecule has 0 bridgehead atoms. The molecular weight excluding hydrogens is 260 g/mol. The van der Waals surface area contributed by atoms with Crippen LogP contribution in [0.2, 0.25) is 5.02 Å². The van der Waals surface area contributed by atoms with Crippen LogP contribution in [0.15, 0.2) is 30.3 Å². The first-order valence-electron chi connectivity index (χ1n) is 5.16. The fourth-order valence-corrected chi connectivity index (χ4v) is 1.63. The number of ether oxygens (including phenoxy) is 1. The number of nitrogen functional groups attached to an aromatic ring is 1. The summed E-state index contributed by atoms with van der Waals surface area (Å²) in [4.78, 5) is 0. The zero-order valence-electron chi connectivity index (χ0n) is 9.51. The van der Waals surface area contributed by atoms with Gasteiger partial charge in [0.2, 0.25) is 0 Å². The van der Waals surface area contributed by atoms with Gasteiger partial charge in [-0.2, -0.15) is 0 Å². The van der Waals surface area contributed by atoms with Crippen molar-refractivity contribution < 1.29 is 13.5 Å². The van der Waals surface area contributed by atoms with Gasteiger partial charge in [0.05, 0.1) is 5.02 Å². The van der Waals surface area contributed by atoms with Gasteiger partial charge in [0.15, 0.2) is 17.4 Å². The zero-order valence-corrected chi connectivity index (χ0v) is 10.3. The molecule has 94 valence electrons. The maximum absolute atomic E-state index is 13.5. The molecule has 2 rings (SSSR count). The van der Waals surface area contributed by atoms with E-state index in [1.54, 1.807) is 18.2 Å². The SMILES string of the molecule is Cc1ccc(Cl)c(Oc2c(F)cc(N)cc2F)c1. The van der Waals surface area contributed by atoms with Crippen molar-refractivity contribution in [1.29, 1.82) is 0 Å². The van der Waals surface area contributed by atoms with Crippen molar-refractivity contribution in [3.8, 4) is 11.5 Å². The summed E-state index contributed by atoms with van der Waals surface area (Å²) in [5, 5.41) is 0.274. The van der Waals surface area contributed by atoms with E-state index >= 15 is 0 Å². The van der Waals surface area contributed by atoms with Crippen LogP contribution in [0.5, 0.6) is 11.5 Å². The van der Waals surface area contributed by atoms with Crippen molar-refractivity contribution in [3.63, 3.8) is 0 Å². The summed E-state index contributed by atoms with van der Waals surface area (Å²) in [7, 11) is 0. The second kappa shape index (κ2) is 4.82. The molecule has 2 nitrogen and oxygen atoms in total. The Balaban J connectivity index is 2.43. The van der Waals surface area contributed by atoms with Crippen molar-refractivity contribution in [2.75, 3.05) is 5.73 Å². The fourth-order valence-electron chi connectivity index (χ4n) is 1.48. The molecule has 0 aliphatic rings. The van der Waals surface area contributed by atoms with Crippen molar-refractivity contribution in [2.45, 2.75) is 6.92 Å². The molecule has 0 unspecified atom stereocenters. The van der Waals surface area contributed by atoms with Crippen LogP contribution in [0.4, 0.5) is 14.5 Å². The van der Waals surface area contributed by atoms with Gasteiger partial charge in [-0.05, 0) is 24.6 Å². The molecule has 5 heteroatoms. The number of hydrogen-bond acceptors (Lipinski definition) is 2. The summed E-state index contributed by atoms with van der Waals surface area (Å²) in [5.41, 5.74) is 6.17. The van der Waals surface area contributed by atoms with Gasteiger partial charge in [0, 0.05) is 17.8 Å². The van der Waals surface area contributed by atoms with Gasteiger partial charge in [-0.3, -0.25) is 0 Å². The summed E-state index contributed by atoms with van der Waals surface area (Å²) in [5.74, 6) is -2.06. The van der Waals surface area contributed by atoms with E-state index in [9.17, 15) is 8.78 Å². The van der Waals surface area contributed by atoms with Crippen LogP contribution in [-0.4, -0.2) is 0 Å². The molecule has 18 heavy (non-hydrogen) atoms. The van der Waals surface area contributed by atoms with Crippen LogP contribution in [0.3, 0.4) is 0 Å². The van der Waals surface area contributed by atoms with Gasteiger partial charge >= 0.3 is 0 Å². The number of anilines is 1. The predicted molar refractivity (Wildman–Crippen MR) is 67.0 cm³/mol. The quantitative estimate of drug-likeness (QED) is 0.825. The smallest absolute Gasteiger partial charge is 0.198 e. The van der Waals surface area contributed by atoms with Crippen LogP contribution >= 0.6 is 11.6 Å². The van der Waals surface area contributed by atoms with Gasteiger partial charge in [-0.25, -0.2) is 8.78 Å². The maximum Gasteiger partial charge on any atom is 0.198 e. The summed E-state index contributed by atoms with van der Waals surface area (Å²) in [6, 6.07) is 6.94. The fraction of sp³-hybridized carbons (Fsp3) is 0.0769. The summed E-state index contributed by atoms with van der Waals surface area (Å²) in [6.45, 7) is 1.82. The molecule has 0 spiro atoms. The van der Waals surface area contributed by atoms with E-state index in [4.69, 9.17) is 22.1 Å². The Labute approximate surface area is 108 Å². The van der Waals surface area contributed by atoms with Crippen LogP contribution in [0, 0.1) is 18.6 Å². The molecule has 0 fully saturated rings. The Kier molecular flexibility index (Phi) is 3.39. The molecule has 0 amide bonds. The van der Waals surface area contributed by atoms with Gasteiger partial charge < -0.3 is 10.5 Å². The standard InChI is InChI=1S/C13H10ClF2NO/c1-7-2-3-9(14)12(4-7)18-13-10(15)5-8(17)6-11(13)16/h2-6H,17H2,1H3. The topological polar surface area (TPSA) is 35.2 Å². The van der Waals surface area contributed by atoms with Crippen molar-refractivity contribution in [2.24, 2.45) is 0 Å². The molecule has 2 N–H and O–H groups in total. The third-order valence-corrected chi connectivity index (χ3v) is 2.63. The highest BCUT2D eigenvalue weighted by molar-refractivity contribution is 6.32. The number of benzene rings is 2. The Morgan fingerprint density at radius 2 is 1.72 bits per heavy atom. The minimum absolute atomic E-state index is 0.00677. The van der Waals surface area contributed by atoms with E-state index in [1.165, 1.54) is 0 Å². The lowest BCUT2D eigenvalue weighted by Crippen LogP contribution is -1.96. The van der Waals surface area contributed by atoms with Crippen LogP contribution in [-0.2, 0) is 0 Å². The molecule has 0 aliphatic heterocycles. The Bertz CT molecular complexity index is 579. The minimum atomic E-state index is -0.870. The van der Waals surface area contributed by atoms with Gasteiger partial charge in [-0.15, -0.1) is 0 Å². The third kappa shape index (κ3) is 2.54. The molecule has 0 radical (unpaired) electrons. The van der Waals surface area contributed by atoms with Crippen molar-refractivity contribution in [1.82, 2.24) is 0 Å². The average molecular weight is 270 g/mol. The predicted octanol–water partition coefficient (Wildman–Crippen LogP) is 4.30. The van der Waals surface area contributed by atoms with Gasteiger partial charge in [-0.1, -0.05) is 17.7 Å². The number of hydrogen-bond donors (Lipinski definition) is 1. The van der Waals surface area contributed by atoms with Gasteiger partial charge in [0.25, 0.3) is 0 Å². The molecule has 0 aromatic heterocycles. The summed E-state index contributed by atoms with van der Waals surface area (Å²) >= 11 is 5.89. The highest BCUT2D eigenvalue weighted by Gasteiger charge is 2.14. The van der Waals surface area contributed by atoms with E-state index in [0.717, 1.165) is 17.7 Å². The zero-order chi connectivity index (χ0) is 13.3. The van der Waals surface area contributed by atoms with Crippen molar-refractivity contribution >= 4 is 17.3 Å². The molecule has 2 aromatic carbocycles. The lowest BCUT2D eigenvalue weighted by atomic mass is 10.2. The highest BCUT2D eigenvalue weighted by Crippen LogP contribution is 2.33. The van der Waals surface area contributed by atoms with Gasteiger partial charge in [0.1, 0.15) is 5.75 Å². The Hall–Kier alpha value is -1.81. The lowest BCUT2D eigenvalue weighted by molar-refractivity contribution is 0.408. The molecule has 0 saturated carbocycles. The Morgan fingerprint density at radius 1 is 1.11 bits per heavy atom. The summed E-state index contributed by atoms with van der Waals surface area (Å²) in [6.07, 6.45) is 0. The first kappa shape index (κ1) is 12.6. The summed E-state index contributed by atoms with van der Waals surface area (Å²) < 4.78 is 32.3. The van der Waals surface area contributed by atoms with E-state index < -0.39 is 17.4 Å². The van der Waals surface area contributed by atoms with Crippen molar-refractivity contribution in [3.05, 3.63) is 52.6 Å². The van der Waals surface area contributed by atoms with Crippen LogP contribution < -0.4 is 10.5 Å². The molecule has 0 atom stereocenters. The monoisotopic (exact) mass is 269 g/mol. The first-order chi connectivity index (χ1) is 8.47. The van der Waals surface area contributed by atoms with E-state index in [2.05, 4.69) is 0 Å². The van der Waals surface area contributed by atoms with E-state index in [1.807, 2.05) is 6.92 Å². The number of aryl methyl sites for hydroxylation is 1.